The molecule has 136 valence electrons. The largest absolute Gasteiger partial charge is 0.462 e. The number of ether oxygens (including phenoxy) is 2. The van der Waals surface area contributed by atoms with E-state index >= 15 is 0 Å². The summed E-state index contributed by atoms with van der Waals surface area (Å²) in [4.78, 5) is 12.7. The monoisotopic (exact) mass is 358 g/mol. The molecule has 0 N–H and O–H groups in total. The van der Waals surface area contributed by atoms with Crippen LogP contribution in [-0.2, 0) is 11.2 Å². The lowest BCUT2D eigenvalue weighted by Crippen LogP contribution is -2.13. The van der Waals surface area contributed by atoms with Crippen molar-refractivity contribution in [1.82, 2.24) is 0 Å². The summed E-state index contributed by atoms with van der Waals surface area (Å²) in [6.07, 6.45) is 1.47. The van der Waals surface area contributed by atoms with Crippen LogP contribution in [0, 0.1) is 0 Å². The summed E-state index contributed by atoms with van der Waals surface area (Å²) in [6.45, 7) is 2.55. The first-order valence-electron chi connectivity index (χ1n) is 9.32. The van der Waals surface area contributed by atoms with Gasteiger partial charge in [-0.1, -0.05) is 61.5 Å². The van der Waals surface area contributed by atoms with Crippen LogP contribution in [0.4, 0.5) is 0 Å². The first kappa shape index (κ1) is 17.3. The smallest absolute Gasteiger partial charge is 0.338 e. The minimum atomic E-state index is -0.282. The van der Waals surface area contributed by atoms with E-state index in [-0.39, 0.29) is 5.97 Å². The fourth-order valence-electron chi connectivity index (χ4n) is 3.45. The van der Waals surface area contributed by atoms with Gasteiger partial charge < -0.3 is 9.47 Å². The molecule has 1 aliphatic rings. The molecule has 1 unspecified atom stereocenters. The van der Waals surface area contributed by atoms with Gasteiger partial charge in [0.2, 0.25) is 0 Å². The molecular weight excluding hydrogens is 336 g/mol. The van der Waals surface area contributed by atoms with Crippen molar-refractivity contribution in [3.63, 3.8) is 0 Å². The molecule has 3 heteroatoms. The molecule has 0 radical (unpaired) electrons. The zero-order valence-electron chi connectivity index (χ0n) is 15.4. The third-order valence-corrected chi connectivity index (χ3v) is 5.07. The maximum absolute atomic E-state index is 12.7. The van der Waals surface area contributed by atoms with Gasteiger partial charge in [-0.2, -0.15) is 0 Å². The Morgan fingerprint density at radius 3 is 2.56 bits per heavy atom. The number of para-hydroxylation sites is 1. The number of benzene rings is 3. The summed E-state index contributed by atoms with van der Waals surface area (Å²) in [5.74, 6) is 1.65. The van der Waals surface area contributed by atoms with Gasteiger partial charge in [0.25, 0.3) is 0 Å². The number of hydrogen-bond acceptors (Lipinski definition) is 3. The van der Waals surface area contributed by atoms with Gasteiger partial charge in [0, 0.05) is 12.0 Å². The Labute approximate surface area is 159 Å². The number of hydrogen-bond donors (Lipinski definition) is 0. The Hall–Kier alpha value is -3.07. The lowest BCUT2D eigenvalue weighted by Gasteiger charge is -2.22. The van der Waals surface area contributed by atoms with Crippen LogP contribution in [0.25, 0.3) is 0 Å². The van der Waals surface area contributed by atoms with Gasteiger partial charge in [0.05, 0.1) is 12.2 Å². The second-order valence-electron chi connectivity index (χ2n) is 6.91. The van der Waals surface area contributed by atoms with E-state index in [2.05, 4.69) is 19.1 Å². The molecule has 4 rings (SSSR count). The molecule has 0 spiro atoms. The van der Waals surface area contributed by atoms with Gasteiger partial charge in [-0.05, 0) is 41.7 Å². The predicted molar refractivity (Wildman–Crippen MR) is 106 cm³/mol. The molecule has 1 aliphatic heterocycles. The third kappa shape index (κ3) is 3.72. The van der Waals surface area contributed by atoms with Crippen molar-refractivity contribution >= 4 is 5.97 Å². The molecule has 0 fully saturated rings. The van der Waals surface area contributed by atoms with Crippen molar-refractivity contribution in [3.8, 4) is 11.5 Å². The maximum Gasteiger partial charge on any atom is 0.338 e. The summed E-state index contributed by atoms with van der Waals surface area (Å²) >= 11 is 0. The van der Waals surface area contributed by atoms with Gasteiger partial charge in [-0.15, -0.1) is 0 Å². The number of rotatable bonds is 5. The molecule has 0 bridgehead atoms. The minimum absolute atomic E-state index is 0.282. The van der Waals surface area contributed by atoms with Gasteiger partial charge in [-0.3, -0.25) is 0 Å². The van der Waals surface area contributed by atoms with Crippen molar-refractivity contribution in [2.75, 3.05) is 6.61 Å². The second-order valence-corrected chi connectivity index (χ2v) is 6.91. The molecule has 3 aromatic rings. The van der Waals surface area contributed by atoms with E-state index in [1.165, 1.54) is 5.56 Å². The van der Waals surface area contributed by atoms with E-state index < -0.39 is 0 Å². The van der Waals surface area contributed by atoms with Crippen molar-refractivity contribution in [1.29, 1.82) is 0 Å². The Morgan fingerprint density at radius 2 is 1.70 bits per heavy atom. The Balaban J connectivity index is 1.43. The first-order chi connectivity index (χ1) is 13.2. The topological polar surface area (TPSA) is 35.5 Å². The fraction of sp³-hybridized carbons (Fsp3) is 0.208. The molecule has 0 amide bonds. The maximum atomic E-state index is 12.7. The lowest BCUT2D eigenvalue weighted by atomic mass is 9.96. The van der Waals surface area contributed by atoms with Crippen molar-refractivity contribution in [2.24, 2.45) is 0 Å². The number of carbonyl (C=O) groups is 1. The standard InChI is InChI=1S/C24H22O3/c1-17(18-8-3-2-4-9-18)14-15-26-24(25)20-11-7-13-23-21(20)16-19-10-5-6-12-22(19)27-23/h2-13,17H,14-16H2,1H3. The number of fused-ring (bicyclic) bond motifs is 2. The Bertz CT molecular complexity index is 947. The second kappa shape index (κ2) is 7.67. The van der Waals surface area contributed by atoms with Gasteiger partial charge in [-0.25, -0.2) is 4.79 Å². The number of carbonyl (C=O) groups excluding carboxylic acids is 1. The molecular formula is C24H22O3. The van der Waals surface area contributed by atoms with Crippen LogP contribution >= 0.6 is 0 Å². The average Bonchev–Trinajstić information content (AvgIpc) is 2.72. The van der Waals surface area contributed by atoms with Crippen molar-refractivity contribution in [2.45, 2.75) is 25.7 Å². The number of esters is 1. The quantitative estimate of drug-likeness (QED) is 0.427. The van der Waals surface area contributed by atoms with Crippen LogP contribution in [0.1, 0.15) is 46.3 Å². The van der Waals surface area contributed by atoms with E-state index in [0.717, 1.165) is 29.0 Å². The summed E-state index contributed by atoms with van der Waals surface area (Å²) in [6, 6.07) is 23.8. The van der Waals surface area contributed by atoms with Crippen LogP contribution in [0.3, 0.4) is 0 Å². The molecule has 27 heavy (non-hydrogen) atoms. The molecule has 1 atom stereocenters. The average molecular weight is 358 g/mol. The van der Waals surface area contributed by atoms with E-state index in [0.29, 0.717) is 24.5 Å². The first-order valence-corrected chi connectivity index (χ1v) is 9.32. The summed E-state index contributed by atoms with van der Waals surface area (Å²) in [5, 5.41) is 0. The molecule has 0 saturated heterocycles. The highest BCUT2D eigenvalue weighted by atomic mass is 16.5. The molecule has 0 saturated carbocycles. The minimum Gasteiger partial charge on any atom is -0.462 e. The van der Waals surface area contributed by atoms with E-state index in [4.69, 9.17) is 9.47 Å². The molecule has 3 nitrogen and oxygen atoms in total. The van der Waals surface area contributed by atoms with E-state index in [1.807, 2.05) is 60.7 Å². The third-order valence-electron chi connectivity index (χ3n) is 5.07. The van der Waals surface area contributed by atoms with Crippen LogP contribution in [0.5, 0.6) is 11.5 Å². The zero-order chi connectivity index (χ0) is 18.6. The van der Waals surface area contributed by atoms with E-state index in [1.54, 1.807) is 0 Å². The molecule has 3 aromatic carbocycles. The Morgan fingerprint density at radius 1 is 0.963 bits per heavy atom. The van der Waals surface area contributed by atoms with Crippen molar-refractivity contribution in [3.05, 3.63) is 95.1 Å². The SMILES string of the molecule is CC(CCOC(=O)c1cccc2c1Cc1ccccc1O2)c1ccccc1. The highest BCUT2D eigenvalue weighted by molar-refractivity contribution is 5.92. The van der Waals surface area contributed by atoms with Gasteiger partial charge in [0.1, 0.15) is 11.5 Å². The normalized spacial score (nSPS) is 13.1. The molecule has 0 aromatic heterocycles. The highest BCUT2D eigenvalue weighted by Gasteiger charge is 2.23. The predicted octanol–water partition coefficient (Wildman–Crippen LogP) is 5.73. The fourth-order valence-corrected chi connectivity index (χ4v) is 3.45. The highest BCUT2D eigenvalue weighted by Crippen LogP contribution is 2.38. The van der Waals surface area contributed by atoms with E-state index in [9.17, 15) is 4.79 Å². The molecule has 1 heterocycles. The summed E-state index contributed by atoms with van der Waals surface area (Å²) in [5.41, 5.74) is 3.84. The summed E-state index contributed by atoms with van der Waals surface area (Å²) < 4.78 is 11.5. The zero-order valence-corrected chi connectivity index (χ0v) is 15.4. The van der Waals surface area contributed by atoms with Crippen LogP contribution in [-0.4, -0.2) is 12.6 Å². The van der Waals surface area contributed by atoms with Crippen LogP contribution < -0.4 is 4.74 Å². The molecule has 0 aliphatic carbocycles. The van der Waals surface area contributed by atoms with Crippen LogP contribution in [0.2, 0.25) is 0 Å². The van der Waals surface area contributed by atoms with Crippen LogP contribution in [0.15, 0.2) is 72.8 Å². The Kier molecular flexibility index (Phi) is 4.93. The van der Waals surface area contributed by atoms with Gasteiger partial charge >= 0.3 is 5.97 Å². The van der Waals surface area contributed by atoms with Crippen molar-refractivity contribution < 1.29 is 14.3 Å². The van der Waals surface area contributed by atoms with Gasteiger partial charge in [0.15, 0.2) is 0 Å². The lowest BCUT2D eigenvalue weighted by molar-refractivity contribution is 0.0493. The summed E-state index contributed by atoms with van der Waals surface area (Å²) in [7, 11) is 0.